The minimum absolute atomic E-state index is 0.128. The van der Waals surface area contributed by atoms with Crippen LogP contribution in [0.25, 0.3) is 10.9 Å². The fourth-order valence-corrected chi connectivity index (χ4v) is 3.48. The number of rotatable bonds is 5. The number of amides is 1. The molecule has 140 valence electrons. The Hall–Kier alpha value is -3.09. The Kier molecular flexibility index (Phi) is 4.91. The van der Waals surface area contributed by atoms with Gasteiger partial charge >= 0.3 is 0 Å². The van der Waals surface area contributed by atoms with Crippen LogP contribution in [0.2, 0.25) is 0 Å². The molecule has 3 heterocycles. The Morgan fingerprint density at radius 2 is 2.00 bits per heavy atom. The van der Waals surface area contributed by atoms with Gasteiger partial charge in [-0.1, -0.05) is 18.2 Å². The fraction of sp³-hybridized carbons (Fsp3) is 0.350. The first-order chi connectivity index (χ1) is 13.2. The number of nitrogens with one attached hydrogen (secondary N) is 2. The summed E-state index contributed by atoms with van der Waals surface area (Å²) >= 11 is 0. The molecule has 1 saturated heterocycles. The van der Waals surface area contributed by atoms with Gasteiger partial charge in [0.2, 0.25) is 11.9 Å². The van der Waals surface area contributed by atoms with Crippen molar-refractivity contribution in [2.75, 3.05) is 42.9 Å². The van der Waals surface area contributed by atoms with Crippen LogP contribution in [0.3, 0.4) is 0 Å². The smallest absolute Gasteiger partial charge is 0.227 e. The van der Waals surface area contributed by atoms with E-state index < -0.39 is 0 Å². The summed E-state index contributed by atoms with van der Waals surface area (Å²) in [5, 5.41) is 4.67. The average molecular weight is 364 g/mol. The second-order valence-corrected chi connectivity index (χ2v) is 6.77. The fourth-order valence-electron chi connectivity index (χ4n) is 3.48. The van der Waals surface area contributed by atoms with Crippen LogP contribution in [-0.4, -0.2) is 58.5 Å². The molecule has 1 aromatic carbocycles. The molecular formula is C20H24N6O. The molecule has 4 rings (SSSR count). The van der Waals surface area contributed by atoms with Gasteiger partial charge in [-0.25, -0.2) is 4.98 Å². The van der Waals surface area contributed by atoms with Gasteiger partial charge in [0, 0.05) is 62.9 Å². The minimum atomic E-state index is 0.128. The lowest BCUT2D eigenvalue weighted by atomic mass is 10.1. The van der Waals surface area contributed by atoms with Crippen molar-refractivity contribution in [3.8, 4) is 0 Å². The Labute approximate surface area is 158 Å². The van der Waals surface area contributed by atoms with E-state index >= 15 is 0 Å². The van der Waals surface area contributed by atoms with E-state index in [2.05, 4.69) is 49.6 Å². The third kappa shape index (κ3) is 3.86. The highest BCUT2D eigenvalue weighted by atomic mass is 16.2. The molecule has 0 aliphatic carbocycles. The third-order valence-electron chi connectivity index (χ3n) is 5.03. The monoisotopic (exact) mass is 364 g/mol. The number of aromatic nitrogens is 3. The van der Waals surface area contributed by atoms with Crippen LogP contribution in [-0.2, 0) is 11.2 Å². The van der Waals surface area contributed by atoms with Crippen LogP contribution in [0.1, 0.15) is 12.5 Å². The Morgan fingerprint density at radius 3 is 2.81 bits per heavy atom. The first-order valence-electron chi connectivity index (χ1n) is 9.33. The van der Waals surface area contributed by atoms with Gasteiger partial charge < -0.3 is 20.1 Å². The first-order valence-corrected chi connectivity index (χ1v) is 9.33. The summed E-state index contributed by atoms with van der Waals surface area (Å²) in [5.74, 6) is 1.67. The van der Waals surface area contributed by atoms with E-state index in [1.165, 1.54) is 16.5 Å². The second-order valence-electron chi connectivity index (χ2n) is 6.77. The molecule has 0 spiro atoms. The molecule has 0 radical (unpaired) electrons. The maximum Gasteiger partial charge on any atom is 0.227 e. The van der Waals surface area contributed by atoms with Crippen molar-refractivity contribution in [3.63, 3.8) is 0 Å². The van der Waals surface area contributed by atoms with E-state index in [-0.39, 0.29) is 5.91 Å². The molecule has 1 aliphatic rings. The predicted octanol–water partition coefficient (Wildman–Crippen LogP) is 2.28. The molecule has 2 aromatic heterocycles. The van der Waals surface area contributed by atoms with Crippen molar-refractivity contribution >= 4 is 28.6 Å². The number of aromatic amines is 1. The van der Waals surface area contributed by atoms with Crippen molar-refractivity contribution in [1.82, 2.24) is 19.9 Å². The van der Waals surface area contributed by atoms with Crippen LogP contribution >= 0.6 is 0 Å². The number of hydrogen-bond donors (Lipinski definition) is 2. The van der Waals surface area contributed by atoms with Gasteiger partial charge in [0.15, 0.2) is 0 Å². The number of piperazine rings is 1. The summed E-state index contributed by atoms with van der Waals surface area (Å²) in [7, 11) is 0. The topological polar surface area (TPSA) is 77.2 Å². The van der Waals surface area contributed by atoms with Crippen molar-refractivity contribution in [1.29, 1.82) is 0 Å². The minimum Gasteiger partial charge on any atom is -0.370 e. The summed E-state index contributed by atoms with van der Waals surface area (Å²) < 4.78 is 0. The number of fused-ring (bicyclic) bond motifs is 1. The zero-order valence-corrected chi connectivity index (χ0v) is 15.5. The molecule has 0 bridgehead atoms. The van der Waals surface area contributed by atoms with Gasteiger partial charge in [-0.2, -0.15) is 4.98 Å². The standard InChI is InChI=1S/C20H24N6O/c1-15(27)25-10-12-26(13-11-25)20-22-9-7-19(24-20)21-8-6-16-14-23-18-5-3-2-4-17(16)18/h2-5,7,9,14,23H,6,8,10-13H2,1H3,(H,21,22,24). The molecule has 27 heavy (non-hydrogen) atoms. The highest BCUT2D eigenvalue weighted by molar-refractivity contribution is 5.83. The van der Waals surface area contributed by atoms with Crippen LogP contribution in [0.15, 0.2) is 42.7 Å². The number of benzene rings is 1. The number of H-pyrrole nitrogens is 1. The highest BCUT2D eigenvalue weighted by Gasteiger charge is 2.20. The lowest BCUT2D eigenvalue weighted by Crippen LogP contribution is -2.48. The summed E-state index contributed by atoms with van der Waals surface area (Å²) in [6.07, 6.45) is 4.78. The quantitative estimate of drug-likeness (QED) is 0.726. The van der Waals surface area contributed by atoms with Gasteiger partial charge in [-0.15, -0.1) is 0 Å². The van der Waals surface area contributed by atoms with Gasteiger partial charge in [0.25, 0.3) is 0 Å². The molecule has 0 saturated carbocycles. The van der Waals surface area contributed by atoms with Crippen molar-refractivity contribution in [3.05, 3.63) is 48.3 Å². The van der Waals surface area contributed by atoms with E-state index in [9.17, 15) is 4.79 Å². The van der Waals surface area contributed by atoms with Crippen LogP contribution < -0.4 is 10.2 Å². The molecule has 3 aromatic rings. The number of carbonyl (C=O) groups is 1. The first kappa shape index (κ1) is 17.3. The number of para-hydroxylation sites is 1. The molecule has 2 N–H and O–H groups in total. The molecule has 7 heteroatoms. The Balaban J connectivity index is 1.35. The number of carbonyl (C=O) groups excluding carboxylic acids is 1. The van der Waals surface area contributed by atoms with Crippen LogP contribution in [0.4, 0.5) is 11.8 Å². The number of hydrogen-bond acceptors (Lipinski definition) is 5. The summed E-state index contributed by atoms with van der Waals surface area (Å²) in [4.78, 5) is 27.8. The molecular weight excluding hydrogens is 340 g/mol. The molecule has 1 amide bonds. The Bertz CT molecular complexity index is 929. The molecule has 1 fully saturated rings. The van der Waals surface area contributed by atoms with Gasteiger partial charge in [0.1, 0.15) is 5.82 Å². The zero-order chi connectivity index (χ0) is 18.6. The van der Waals surface area contributed by atoms with Crippen molar-refractivity contribution in [2.45, 2.75) is 13.3 Å². The molecule has 1 aliphatic heterocycles. The summed E-state index contributed by atoms with van der Waals surface area (Å²) in [6, 6.07) is 10.2. The van der Waals surface area contributed by atoms with Gasteiger partial charge in [0.05, 0.1) is 0 Å². The third-order valence-corrected chi connectivity index (χ3v) is 5.03. The summed E-state index contributed by atoms with van der Waals surface area (Å²) in [6.45, 7) is 5.38. The predicted molar refractivity (Wildman–Crippen MR) is 107 cm³/mol. The van der Waals surface area contributed by atoms with Crippen LogP contribution in [0, 0.1) is 0 Å². The van der Waals surface area contributed by atoms with E-state index in [1.807, 2.05) is 17.0 Å². The Morgan fingerprint density at radius 1 is 1.19 bits per heavy atom. The van der Waals surface area contributed by atoms with Crippen molar-refractivity contribution in [2.24, 2.45) is 0 Å². The number of anilines is 2. The number of nitrogens with zero attached hydrogens (tertiary/aromatic N) is 4. The SMILES string of the molecule is CC(=O)N1CCN(c2nccc(NCCc3c[nH]c4ccccc34)n2)CC1. The van der Waals surface area contributed by atoms with Gasteiger partial charge in [-0.05, 0) is 24.1 Å². The van der Waals surface area contributed by atoms with Crippen molar-refractivity contribution < 1.29 is 4.79 Å². The maximum absolute atomic E-state index is 11.5. The molecule has 0 unspecified atom stereocenters. The largest absolute Gasteiger partial charge is 0.370 e. The highest BCUT2D eigenvalue weighted by Crippen LogP contribution is 2.18. The van der Waals surface area contributed by atoms with E-state index in [1.54, 1.807) is 13.1 Å². The van der Waals surface area contributed by atoms with E-state index in [0.29, 0.717) is 0 Å². The molecule has 7 nitrogen and oxygen atoms in total. The van der Waals surface area contributed by atoms with Crippen LogP contribution in [0.5, 0.6) is 0 Å². The normalized spacial score (nSPS) is 14.6. The summed E-state index contributed by atoms with van der Waals surface area (Å²) in [5.41, 5.74) is 2.47. The average Bonchev–Trinajstić information content (AvgIpc) is 3.12. The lowest BCUT2D eigenvalue weighted by molar-refractivity contribution is -0.129. The molecule has 0 atom stereocenters. The van der Waals surface area contributed by atoms with Gasteiger partial charge in [-0.3, -0.25) is 4.79 Å². The maximum atomic E-state index is 11.5. The van der Waals surface area contributed by atoms with E-state index in [4.69, 9.17) is 0 Å². The zero-order valence-electron chi connectivity index (χ0n) is 15.5. The second kappa shape index (κ2) is 7.65. The lowest BCUT2D eigenvalue weighted by Gasteiger charge is -2.34. The van der Waals surface area contributed by atoms with E-state index in [0.717, 1.165) is 50.9 Å².